The molecule has 3 nitrogen and oxygen atoms in total. The summed E-state index contributed by atoms with van der Waals surface area (Å²) >= 11 is 5.74. The second-order valence-corrected chi connectivity index (χ2v) is 6.18. The van der Waals surface area contributed by atoms with Crippen LogP contribution in [0, 0.1) is 5.82 Å². The van der Waals surface area contributed by atoms with Crippen molar-refractivity contribution in [1.82, 2.24) is 0 Å². The number of rotatable bonds is 2. The van der Waals surface area contributed by atoms with Gasteiger partial charge in [-0.25, -0.2) is 4.39 Å². The summed E-state index contributed by atoms with van der Waals surface area (Å²) in [5, 5.41) is 11.0. The summed E-state index contributed by atoms with van der Waals surface area (Å²) in [4.78, 5) is 0. The predicted molar refractivity (Wildman–Crippen MR) is 73.2 cm³/mol. The van der Waals surface area contributed by atoms with Crippen LogP contribution in [-0.2, 0) is 15.9 Å². The summed E-state index contributed by atoms with van der Waals surface area (Å²) in [6.45, 7) is 1.23. The molecule has 5 heteroatoms. The average Bonchev–Trinajstić information content (AvgIpc) is 2.87. The SMILES string of the molecule is OC1(Cc2ccc(Cl)cc2F)CCC2(CC1)OCCO2. The maximum absolute atomic E-state index is 13.8. The summed E-state index contributed by atoms with van der Waals surface area (Å²) < 4.78 is 25.1. The Kier molecular flexibility index (Phi) is 3.75. The highest BCUT2D eigenvalue weighted by molar-refractivity contribution is 6.30. The normalized spacial score (nSPS) is 24.1. The summed E-state index contributed by atoms with van der Waals surface area (Å²) in [7, 11) is 0. The van der Waals surface area contributed by atoms with Gasteiger partial charge < -0.3 is 14.6 Å². The smallest absolute Gasteiger partial charge is 0.168 e. The molecule has 1 aliphatic carbocycles. The second kappa shape index (κ2) is 5.26. The fourth-order valence-corrected chi connectivity index (χ4v) is 3.24. The Balaban J connectivity index is 1.68. The fraction of sp³-hybridized carbons (Fsp3) is 0.600. The van der Waals surface area contributed by atoms with Crippen LogP contribution in [0.1, 0.15) is 31.2 Å². The van der Waals surface area contributed by atoms with Crippen molar-refractivity contribution < 1.29 is 19.0 Å². The molecular weight excluding hydrogens is 283 g/mol. The van der Waals surface area contributed by atoms with Gasteiger partial charge in [0.15, 0.2) is 5.79 Å². The first kappa shape index (κ1) is 14.3. The molecule has 1 aliphatic heterocycles. The van der Waals surface area contributed by atoms with Crippen molar-refractivity contribution in [1.29, 1.82) is 0 Å². The molecule has 0 radical (unpaired) electrons. The highest BCUT2D eigenvalue weighted by atomic mass is 35.5. The van der Waals surface area contributed by atoms with Crippen molar-refractivity contribution in [2.45, 2.75) is 43.5 Å². The first-order valence-corrected chi connectivity index (χ1v) is 7.32. The summed E-state index contributed by atoms with van der Waals surface area (Å²) in [5.41, 5.74) is -0.393. The van der Waals surface area contributed by atoms with Crippen LogP contribution in [0.4, 0.5) is 4.39 Å². The fourth-order valence-electron chi connectivity index (χ4n) is 3.08. The van der Waals surface area contributed by atoms with Crippen molar-refractivity contribution >= 4 is 11.6 Å². The van der Waals surface area contributed by atoms with Crippen LogP contribution in [0.25, 0.3) is 0 Å². The standard InChI is InChI=1S/C15H18ClFO3/c16-12-2-1-11(13(17)9-12)10-14(18)3-5-15(6-4-14)19-7-8-20-15/h1-2,9,18H,3-8,10H2. The maximum Gasteiger partial charge on any atom is 0.168 e. The number of hydrogen-bond acceptors (Lipinski definition) is 3. The predicted octanol–water partition coefficient (Wildman–Crippen LogP) is 3.07. The Morgan fingerprint density at radius 3 is 2.40 bits per heavy atom. The van der Waals surface area contributed by atoms with Crippen LogP contribution >= 0.6 is 11.6 Å². The minimum absolute atomic E-state index is 0.298. The third-order valence-electron chi connectivity index (χ3n) is 4.29. The first-order valence-electron chi connectivity index (χ1n) is 6.95. The van der Waals surface area contributed by atoms with Crippen LogP contribution in [0.3, 0.4) is 0 Å². The van der Waals surface area contributed by atoms with Crippen LogP contribution in [-0.4, -0.2) is 29.7 Å². The Bertz CT molecular complexity index is 490. The van der Waals surface area contributed by atoms with E-state index in [1.165, 1.54) is 6.07 Å². The van der Waals surface area contributed by atoms with Gasteiger partial charge in [0.25, 0.3) is 0 Å². The number of benzene rings is 1. The molecule has 0 aromatic heterocycles. The van der Waals surface area contributed by atoms with Crippen molar-refractivity contribution in [3.05, 3.63) is 34.6 Å². The zero-order valence-corrected chi connectivity index (χ0v) is 12.0. The molecule has 0 bridgehead atoms. The Morgan fingerprint density at radius 2 is 1.80 bits per heavy atom. The summed E-state index contributed by atoms with van der Waals surface area (Å²) in [5.74, 6) is -0.871. The summed E-state index contributed by atoms with van der Waals surface area (Å²) in [6, 6.07) is 4.58. The van der Waals surface area contributed by atoms with Gasteiger partial charge in [-0.05, 0) is 30.5 Å². The quantitative estimate of drug-likeness (QED) is 0.912. The largest absolute Gasteiger partial charge is 0.390 e. The van der Waals surface area contributed by atoms with E-state index < -0.39 is 11.4 Å². The molecule has 1 saturated carbocycles. The van der Waals surface area contributed by atoms with E-state index in [-0.39, 0.29) is 5.82 Å². The lowest BCUT2D eigenvalue weighted by Gasteiger charge is -2.40. The van der Waals surface area contributed by atoms with Gasteiger partial charge in [0.2, 0.25) is 0 Å². The topological polar surface area (TPSA) is 38.7 Å². The minimum Gasteiger partial charge on any atom is -0.390 e. The van der Waals surface area contributed by atoms with E-state index in [9.17, 15) is 9.50 Å². The molecule has 2 fully saturated rings. The Morgan fingerprint density at radius 1 is 1.15 bits per heavy atom. The van der Waals surface area contributed by atoms with Gasteiger partial charge in [-0.1, -0.05) is 17.7 Å². The number of aliphatic hydroxyl groups is 1. The molecule has 3 rings (SSSR count). The van der Waals surface area contributed by atoms with Gasteiger partial charge in [-0.2, -0.15) is 0 Å². The molecule has 110 valence electrons. The van der Waals surface area contributed by atoms with Gasteiger partial charge >= 0.3 is 0 Å². The highest BCUT2D eigenvalue weighted by Gasteiger charge is 2.45. The van der Waals surface area contributed by atoms with Crippen LogP contribution in [0.2, 0.25) is 5.02 Å². The molecule has 0 amide bonds. The molecular formula is C15H18ClFO3. The number of hydrogen-bond donors (Lipinski definition) is 1. The summed E-state index contributed by atoms with van der Waals surface area (Å²) in [6.07, 6.45) is 2.70. The second-order valence-electron chi connectivity index (χ2n) is 5.74. The van der Waals surface area contributed by atoms with Gasteiger partial charge in [0.05, 0.1) is 18.8 Å². The van der Waals surface area contributed by atoms with E-state index in [1.54, 1.807) is 12.1 Å². The lowest BCUT2D eigenvalue weighted by atomic mass is 9.78. The third-order valence-corrected chi connectivity index (χ3v) is 4.53. The van der Waals surface area contributed by atoms with Gasteiger partial charge in [0, 0.05) is 24.3 Å². The molecule has 2 aliphatic rings. The zero-order valence-electron chi connectivity index (χ0n) is 11.2. The van der Waals surface area contributed by atoms with Crippen LogP contribution < -0.4 is 0 Å². The van der Waals surface area contributed by atoms with E-state index in [2.05, 4.69) is 0 Å². The van der Waals surface area contributed by atoms with Gasteiger partial charge in [-0.15, -0.1) is 0 Å². The zero-order chi connectivity index (χ0) is 14.2. The van der Waals surface area contributed by atoms with E-state index in [0.717, 1.165) is 0 Å². The first-order chi connectivity index (χ1) is 9.50. The Hall–Kier alpha value is -0.680. The van der Waals surface area contributed by atoms with E-state index >= 15 is 0 Å². The van der Waals surface area contributed by atoms with E-state index in [4.69, 9.17) is 21.1 Å². The van der Waals surface area contributed by atoms with Crippen molar-refractivity contribution in [2.24, 2.45) is 0 Å². The molecule has 0 unspecified atom stereocenters. The molecule has 1 heterocycles. The number of halogens is 2. The minimum atomic E-state index is -0.894. The molecule has 1 N–H and O–H groups in total. The Labute approximate surface area is 122 Å². The van der Waals surface area contributed by atoms with Gasteiger partial charge in [0.1, 0.15) is 5.82 Å². The lowest BCUT2D eigenvalue weighted by Crippen LogP contribution is -2.44. The van der Waals surface area contributed by atoms with Crippen LogP contribution in [0.5, 0.6) is 0 Å². The maximum atomic E-state index is 13.8. The molecule has 1 aromatic rings. The van der Waals surface area contributed by atoms with Crippen molar-refractivity contribution in [2.75, 3.05) is 13.2 Å². The average molecular weight is 301 g/mol. The van der Waals surface area contributed by atoms with E-state index in [1.807, 2.05) is 0 Å². The van der Waals surface area contributed by atoms with Crippen molar-refractivity contribution in [3.8, 4) is 0 Å². The molecule has 1 aromatic carbocycles. The monoisotopic (exact) mass is 300 g/mol. The molecule has 20 heavy (non-hydrogen) atoms. The highest BCUT2D eigenvalue weighted by Crippen LogP contribution is 2.41. The lowest BCUT2D eigenvalue weighted by molar-refractivity contribution is -0.202. The van der Waals surface area contributed by atoms with Crippen molar-refractivity contribution in [3.63, 3.8) is 0 Å². The number of ether oxygens (including phenoxy) is 2. The van der Waals surface area contributed by atoms with E-state index in [0.29, 0.717) is 55.9 Å². The molecule has 1 saturated heterocycles. The van der Waals surface area contributed by atoms with Crippen LogP contribution in [0.15, 0.2) is 18.2 Å². The molecule has 1 spiro atoms. The third kappa shape index (κ3) is 2.84. The molecule has 0 atom stereocenters. The van der Waals surface area contributed by atoms with Gasteiger partial charge in [-0.3, -0.25) is 0 Å².